The average molecular weight is 358 g/mol. The third-order valence-electron chi connectivity index (χ3n) is 5.48. The van der Waals surface area contributed by atoms with E-state index in [2.05, 4.69) is 10.2 Å². The van der Waals surface area contributed by atoms with E-state index in [0.29, 0.717) is 12.1 Å². The summed E-state index contributed by atoms with van der Waals surface area (Å²) in [5.41, 5.74) is 1.17. The van der Waals surface area contributed by atoms with Gasteiger partial charge >= 0.3 is 0 Å². The number of hydrogen-bond acceptors (Lipinski definition) is 3. The van der Waals surface area contributed by atoms with Gasteiger partial charge in [-0.1, -0.05) is 24.6 Å². The molecule has 25 heavy (non-hydrogen) atoms. The monoisotopic (exact) mass is 358 g/mol. The number of fused-ring (bicyclic) bond motifs is 2. The van der Waals surface area contributed by atoms with Gasteiger partial charge in [-0.2, -0.15) is 0 Å². The van der Waals surface area contributed by atoms with Crippen molar-refractivity contribution < 1.29 is 9.18 Å². The summed E-state index contributed by atoms with van der Waals surface area (Å²) in [6.45, 7) is 0.876. The highest BCUT2D eigenvalue weighted by Crippen LogP contribution is 2.35. The first-order valence-corrected chi connectivity index (χ1v) is 9.91. The van der Waals surface area contributed by atoms with Crippen LogP contribution in [0.3, 0.4) is 0 Å². The lowest BCUT2D eigenvalue weighted by Crippen LogP contribution is -2.56. The molecule has 3 atom stereocenters. The molecule has 2 aliphatic rings. The Bertz CT molecular complexity index is 702. The maximum absolute atomic E-state index is 13.1. The first kappa shape index (κ1) is 16.7. The first-order chi connectivity index (χ1) is 12.2. The van der Waals surface area contributed by atoms with E-state index in [9.17, 15) is 9.18 Å². The van der Waals surface area contributed by atoms with Gasteiger partial charge in [-0.25, -0.2) is 4.39 Å². The van der Waals surface area contributed by atoms with Crippen LogP contribution in [0.5, 0.6) is 0 Å². The second kappa shape index (κ2) is 7.26. The maximum atomic E-state index is 13.1. The molecule has 0 radical (unpaired) electrons. The number of piperidine rings is 2. The second-order valence-electron chi connectivity index (χ2n) is 7.16. The molecule has 4 rings (SSSR count). The van der Waals surface area contributed by atoms with Crippen LogP contribution in [0.1, 0.15) is 47.3 Å². The van der Waals surface area contributed by atoms with Crippen molar-refractivity contribution in [3.63, 3.8) is 0 Å². The molecule has 0 spiro atoms. The summed E-state index contributed by atoms with van der Waals surface area (Å²) in [5, 5.41) is 5.18. The zero-order chi connectivity index (χ0) is 17.2. The number of hydrogen-bond donors (Lipinski definition) is 1. The van der Waals surface area contributed by atoms with Gasteiger partial charge in [-0.15, -0.1) is 11.3 Å². The lowest BCUT2D eigenvalue weighted by Gasteiger charge is -2.49. The Morgan fingerprint density at radius 3 is 2.52 bits per heavy atom. The molecule has 132 valence electrons. The predicted octanol–water partition coefficient (Wildman–Crippen LogP) is 4.20. The zero-order valence-corrected chi connectivity index (χ0v) is 15.0. The molecule has 2 aromatic rings. The summed E-state index contributed by atoms with van der Waals surface area (Å²) in [7, 11) is 0. The molecule has 5 heteroatoms. The number of thiophene rings is 1. The van der Waals surface area contributed by atoms with E-state index in [0.717, 1.165) is 24.3 Å². The molecule has 1 amide bonds. The minimum atomic E-state index is -0.182. The molecule has 2 aliphatic heterocycles. The first-order valence-electron chi connectivity index (χ1n) is 9.03. The Morgan fingerprint density at radius 1 is 1.16 bits per heavy atom. The van der Waals surface area contributed by atoms with Crippen LogP contribution in [0.15, 0.2) is 41.8 Å². The number of carbonyl (C=O) groups excluding carboxylic acids is 1. The van der Waals surface area contributed by atoms with Gasteiger partial charge in [0.1, 0.15) is 5.82 Å². The molecular weight excluding hydrogens is 335 g/mol. The van der Waals surface area contributed by atoms with Crippen molar-refractivity contribution in [1.29, 1.82) is 0 Å². The van der Waals surface area contributed by atoms with Gasteiger partial charge in [0.2, 0.25) is 0 Å². The third kappa shape index (κ3) is 3.77. The quantitative estimate of drug-likeness (QED) is 0.888. The van der Waals surface area contributed by atoms with Crippen LogP contribution < -0.4 is 5.32 Å². The summed E-state index contributed by atoms with van der Waals surface area (Å²) in [6, 6.07) is 11.9. The van der Waals surface area contributed by atoms with Crippen molar-refractivity contribution in [3.8, 4) is 0 Å². The Balaban J connectivity index is 1.41. The number of carbonyl (C=O) groups is 1. The normalized spacial score (nSPS) is 26.4. The lowest BCUT2D eigenvalue weighted by atomic mass is 9.81. The number of benzene rings is 1. The van der Waals surface area contributed by atoms with Gasteiger partial charge in [-0.3, -0.25) is 9.69 Å². The molecule has 3 nitrogen and oxygen atoms in total. The summed E-state index contributed by atoms with van der Waals surface area (Å²) in [6.07, 6.45) is 5.65. The van der Waals surface area contributed by atoms with Crippen LogP contribution in [0.2, 0.25) is 0 Å². The van der Waals surface area contributed by atoms with E-state index in [-0.39, 0.29) is 17.8 Å². The Labute approximate surface area is 151 Å². The zero-order valence-electron chi connectivity index (χ0n) is 14.2. The van der Waals surface area contributed by atoms with Gasteiger partial charge in [0.15, 0.2) is 0 Å². The van der Waals surface area contributed by atoms with Gasteiger partial charge in [0.25, 0.3) is 5.91 Å². The lowest BCUT2D eigenvalue weighted by molar-refractivity contribution is 0.0177. The molecule has 0 aliphatic carbocycles. The van der Waals surface area contributed by atoms with Crippen LogP contribution in [0, 0.1) is 5.82 Å². The van der Waals surface area contributed by atoms with E-state index < -0.39 is 0 Å². The third-order valence-corrected chi connectivity index (χ3v) is 6.35. The molecular formula is C20H23FN2OS. The van der Waals surface area contributed by atoms with Crippen molar-refractivity contribution in [1.82, 2.24) is 10.2 Å². The highest BCUT2D eigenvalue weighted by atomic mass is 32.1. The molecule has 2 fully saturated rings. The fourth-order valence-corrected chi connectivity index (χ4v) is 4.95. The molecule has 1 N–H and O–H groups in total. The van der Waals surface area contributed by atoms with E-state index in [1.165, 1.54) is 36.2 Å². The highest BCUT2D eigenvalue weighted by molar-refractivity contribution is 7.12. The minimum Gasteiger partial charge on any atom is -0.348 e. The van der Waals surface area contributed by atoms with Crippen molar-refractivity contribution in [2.75, 3.05) is 0 Å². The number of rotatable bonds is 4. The van der Waals surface area contributed by atoms with Crippen molar-refractivity contribution >= 4 is 17.2 Å². The van der Waals surface area contributed by atoms with Crippen molar-refractivity contribution in [3.05, 3.63) is 58.0 Å². The van der Waals surface area contributed by atoms with Crippen LogP contribution >= 0.6 is 11.3 Å². The Morgan fingerprint density at radius 2 is 1.88 bits per heavy atom. The number of nitrogens with zero attached hydrogens (tertiary/aromatic N) is 1. The van der Waals surface area contributed by atoms with Crippen LogP contribution in [0.25, 0.3) is 0 Å². The fourth-order valence-electron chi connectivity index (χ4n) is 4.32. The summed E-state index contributed by atoms with van der Waals surface area (Å²) >= 11 is 1.49. The SMILES string of the molecule is O=C(NC1C[C@H]2CCC[C@@H](C1)N2Cc1ccc(F)cc1)c1cccs1. The molecule has 1 aromatic heterocycles. The largest absolute Gasteiger partial charge is 0.348 e. The molecule has 0 saturated carbocycles. The molecule has 1 aromatic carbocycles. The van der Waals surface area contributed by atoms with E-state index in [1.54, 1.807) is 12.1 Å². The Hall–Kier alpha value is -1.72. The average Bonchev–Trinajstić information content (AvgIpc) is 3.12. The Kier molecular flexibility index (Phi) is 4.86. The van der Waals surface area contributed by atoms with Crippen molar-refractivity contribution in [2.24, 2.45) is 0 Å². The van der Waals surface area contributed by atoms with E-state index >= 15 is 0 Å². The summed E-state index contributed by atoms with van der Waals surface area (Å²) in [5.74, 6) is -0.121. The topological polar surface area (TPSA) is 32.3 Å². The molecule has 1 unspecified atom stereocenters. The molecule has 3 heterocycles. The second-order valence-corrected chi connectivity index (χ2v) is 8.10. The number of amides is 1. The highest BCUT2D eigenvalue weighted by Gasteiger charge is 2.38. The summed E-state index contributed by atoms with van der Waals surface area (Å²) < 4.78 is 13.1. The van der Waals surface area contributed by atoms with Crippen LogP contribution in [-0.4, -0.2) is 28.9 Å². The van der Waals surface area contributed by atoms with E-state index in [4.69, 9.17) is 0 Å². The number of nitrogens with one attached hydrogen (secondary N) is 1. The van der Waals surface area contributed by atoms with Gasteiger partial charge in [0.05, 0.1) is 4.88 Å². The fraction of sp³-hybridized carbons (Fsp3) is 0.450. The van der Waals surface area contributed by atoms with Crippen LogP contribution in [-0.2, 0) is 6.54 Å². The number of halogens is 1. The van der Waals surface area contributed by atoms with Gasteiger partial charge in [0, 0.05) is 24.7 Å². The smallest absolute Gasteiger partial charge is 0.261 e. The van der Waals surface area contributed by atoms with E-state index in [1.807, 2.05) is 29.6 Å². The predicted molar refractivity (Wildman–Crippen MR) is 98.2 cm³/mol. The maximum Gasteiger partial charge on any atom is 0.261 e. The van der Waals surface area contributed by atoms with Gasteiger partial charge < -0.3 is 5.32 Å². The minimum absolute atomic E-state index is 0.0602. The van der Waals surface area contributed by atoms with Crippen LogP contribution in [0.4, 0.5) is 4.39 Å². The van der Waals surface area contributed by atoms with Crippen molar-refractivity contribution in [2.45, 2.75) is 56.8 Å². The molecule has 2 bridgehead atoms. The van der Waals surface area contributed by atoms with Gasteiger partial charge in [-0.05, 0) is 54.8 Å². The molecule has 2 saturated heterocycles. The summed E-state index contributed by atoms with van der Waals surface area (Å²) in [4.78, 5) is 15.7. The standard InChI is InChI=1S/C20H23FN2OS/c21-15-8-6-14(7-9-15)13-23-17-3-1-4-18(23)12-16(11-17)22-20(24)19-5-2-10-25-19/h2,5-10,16-18H,1,3-4,11-13H2,(H,22,24)/t16?,17-,18+.